The SMILES string of the molecule is COCC(NC(=O)Cc1nc2nc3c(c(=O)n2[nH]1)CCCC3)c1ccccn1. The Balaban J connectivity index is 1.53. The summed E-state index contributed by atoms with van der Waals surface area (Å²) in [6, 6.07) is 5.14. The number of aryl methyl sites for hydroxylation is 1. The molecule has 0 saturated carbocycles. The van der Waals surface area contributed by atoms with E-state index in [4.69, 9.17) is 4.74 Å². The fourth-order valence-corrected chi connectivity index (χ4v) is 3.52. The molecule has 1 amide bonds. The summed E-state index contributed by atoms with van der Waals surface area (Å²) in [6.45, 7) is 0.302. The highest BCUT2D eigenvalue weighted by atomic mass is 16.5. The first-order valence-electron chi connectivity index (χ1n) is 9.34. The number of aromatic nitrogens is 5. The minimum atomic E-state index is -0.365. The Labute approximate surface area is 161 Å². The van der Waals surface area contributed by atoms with E-state index in [-0.39, 0.29) is 23.9 Å². The molecule has 0 aromatic carbocycles. The van der Waals surface area contributed by atoms with E-state index in [1.165, 1.54) is 4.52 Å². The van der Waals surface area contributed by atoms with Gasteiger partial charge >= 0.3 is 0 Å². The van der Waals surface area contributed by atoms with Crippen molar-refractivity contribution >= 4 is 11.7 Å². The summed E-state index contributed by atoms with van der Waals surface area (Å²) in [5.74, 6) is 0.456. The van der Waals surface area contributed by atoms with Gasteiger partial charge in [0, 0.05) is 18.9 Å². The number of rotatable bonds is 6. The number of ether oxygens (including phenoxy) is 1. The number of pyridine rings is 1. The Kier molecular flexibility index (Phi) is 5.16. The zero-order valence-corrected chi connectivity index (χ0v) is 15.6. The molecule has 2 N–H and O–H groups in total. The molecular weight excluding hydrogens is 360 g/mol. The Hall–Kier alpha value is -3.07. The van der Waals surface area contributed by atoms with Crippen LogP contribution in [-0.4, -0.2) is 44.2 Å². The summed E-state index contributed by atoms with van der Waals surface area (Å²) in [7, 11) is 1.57. The van der Waals surface area contributed by atoms with Crippen molar-refractivity contribution in [1.29, 1.82) is 0 Å². The minimum Gasteiger partial charge on any atom is -0.382 e. The van der Waals surface area contributed by atoms with Crippen molar-refractivity contribution in [3.63, 3.8) is 0 Å². The van der Waals surface area contributed by atoms with Gasteiger partial charge < -0.3 is 10.1 Å². The number of H-pyrrole nitrogens is 1. The molecule has 28 heavy (non-hydrogen) atoms. The van der Waals surface area contributed by atoms with Crippen LogP contribution in [0.25, 0.3) is 5.78 Å². The molecule has 1 aliphatic rings. The van der Waals surface area contributed by atoms with E-state index in [1.807, 2.05) is 18.2 Å². The van der Waals surface area contributed by atoms with Crippen LogP contribution in [0, 0.1) is 0 Å². The lowest BCUT2D eigenvalue weighted by atomic mass is 9.97. The third-order valence-corrected chi connectivity index (χ3v) is 4.85. The number of carbonyl (C=O) groups is 1. The molecule has 146 valence electrons. The van der Waals surface area contributed by atoms with E-state index >= 15 is 0 Å². The number of amides is 1. The molecule has 3 aromatic heterocycles. The number of fused-ring (bicyclic) bond motifs is 2. The third kappa shape index (κ3) is 3.65. The number of hydrogen-bond acceptors (Lipinski definition) is 6. The molecule has 0 saturated heterocycles. The van der Waals surface area contributed by atoms with Gasteiger partial charge in [0.1, 0.15) is 5.82 Å². The molecule has 1 unspecified atom stereocenters. The molecule has 0 fully saturated rings. The molecule has 0 bridgehead atoms. The van der Waals surface area contributed by atoms with Crippen molar-refractivity contribution < 1.29 is 9.53 Å². The van der Waals surface area contributed by atoms with Crippen molar-refractivity contribution in [2.45, 2.75) is 38.1 Å². The second-order valence-electron chi connectivity index (χ2n) is 6.86. The maximum absolute atomic E-state index is 12.6. The quantitative estimate of drug-likeness (QED) is 0.650. The number of hydrogen-bond donors (Lipinski definition) is 2. The zero-order valence-electron chi connectivity index (χ0n) is 15.6. The number of carbonyl (C=O) groups excluding carboxylic acids is 1. The van der Waals surface area contributed by atoms with Crippen molar-refractivity contribution in [1.82, 2.24) is 29.9 Å². The summed E-state index contributed by atoms with van der Waals surface area (Å²) in [4.78, 5) is 38.3. The van der Waals surface area contributed by atoms with Crippen LogP contribution >= 0.6 is 0 Å². The van der Waals surface area contributed by atoms with Crippen LogP contribution in [0.1, 0.15) is 41.7 Å². The number of methoxy groups -OCH3 is 1. The Morgan fingerprint density at radius 1 is 1.32 bits per heavy atom. The van der Waals surface area contributed by atoms with Gasteiger partial charge in [-0.25, -0.2) is 4.98 Å². The second kappa shape index (κ2) is 7.89. The van der Waals surface area contributed by atoms with Gasteiger partial charge in [0.2, 0.25) is 5.91 Å². The lowest BCUT2D eigenvalue weighted by molar-refractivity contribution is -0.121. The second-order valence-corrected chi connectivity index (χ2v) is 6.86. The molecular formula is C19H22N6O3. The summed E-state index contributed by atoms with van der Waals surface area (Å²) >= 11 is 0. The standard InChI is InChI=1S/C19H22N6O3/c1-28-11-15(14-8-4-5-9-20-14)21-17(26)10-16-23-19-22-13-7-3-2-6-12(13)18(27)25(19)24-16/h4-5,8-9,15H,2-3,6-7,10-11H2,1H3,(H,21,26)(H,22,23,24). The van der Waals surface area contributed by atoms with Gasteiger partial charge in [-0.2, -0.15) is 9.50 Å². The van der Waals surface area contributed by atoms with Crippen LogP contribution < -0.4 is 10.9 Å². The molecule has 0 spiro atoms. The summed E-state index contributed by atoms with van der Waals surface area (Å²) in [6.07, 6.45) is 5.23. The van der Waals surface area contributed by atoms with Crippen molar-refractivity contribution in [3.05, 3.63) is 57.5 Å². The monoisotopic (exact) mass is 382 g/mol. The van der Waals surface area contributed by atoms with Gasteiger partial charge in [0.15, 0.2) is 0 Å². The van der Waals surface area contributed by atoms with Crippen LogP contribution in [0.5, 0.6) is 0 Å². The number of aromatic amines is 1. The Morgan fingerprint density at radius 2 is 2.18 bits per heavy atom. The van der Waals surface area contributed by atoms with Gasteiger partial charge in [0.25, 0.3) is 11.3 Å². The first kappa shape index (κ1) is 18.3. The van der Waals surface area contributed by atoms with Crippen molar-refractivity contribution in [3.8, 4) is 0 Å². The maximum Gasteiger partial charge on any atom is 0.277 e. The van der Waals surface area contributed by atoms with E-state index in [2.05, 4.69) is 25.4 Å². The highest BCUT2D eigenvalue weighted by molar-refractivity contribution is 5.78. The smallest absolute Gasteiger partial charge is 0.277 e. The predicted molar refractivity (Wildman–Crippen MR) is 101 cm³/mol. The van der Waals surface area contributed by atoms with E-state index in [0.29, 0.717) is 23.9 Å². The van der Waals surface area contributed by atoms with Crippen LogP contribution in [0.3, 0.4) is 0 Å². The zero-order chi connectivity index (χ0) is 19.5. The molecule has 4 rings (SSSR count). The van der Waals surface area contributed by atoms with Crippen LogP contribution in [0.15, 0.2) is 29.2 Å². The summed E-state index contributed by atoms with van der Waals surface area (Å²) in [5, 5.41) is 5.82. The fraction of sp³-hybridized carbons (Fsp3) is 0.421. The van der Waals surface area contributed by atoms with Crippen molar-refractivity contribution in [2.24, 2.45) is 0 Å². The first-order chi connectivity index (χ1) is 13.7. The average Bonchev–Trinajstić information content (AvgIpc) is 3.11. The highest BCUT2D eigenvalue weighted by Gasteiger charge is 2.20. The topological polar surface area (TPSA) is 114 Å². The molecule has 1 atom stereocenters. The Morgan fingerprint density at radius 3 is 2.96 bits per heavy atom. The largest absolute Gasteiger partial charge is 0.382 e. The van der Waals surface area contributed by atoms with Gasteiger partial charge in [-0.05, 0) is 37.8 Å². The lowest BCUT2D eigenvalue weighted by Crippen LogP contribution is -2.33. The molecule has 3 aromatic rings. The number of nitrogens with zero attached hydrogens (tertiary/aromatic N) is 4. The van der Waals surface area contributed by atoms with Crippen LogP contribution in [-0.2, 0) is 28.8 Å². The van der Waals surface area contributed by atoms with E-state index in [9.17, 15) is 9.59 Å². The number of nitrogens with one attached hydrogen (secondary N) is 2. The fourth-order valence-electron chi connectivity index (χ4n) is 3.52. The van der Waals surface area contributed by atoms with Gasteiger partial charge in [-0.3, -0.25) is 19.7 Å². The van der Waals surface area contributed by atoms with Gasteiger partial charge in [-0.1, -0.05) is 6.07 Å². The molecule has 0 aliphatic heterocycles. The molecule has 0 radical (unpaired) electrons. The normalized spacial score (nSPS) is 14.6. The summed E-state index contributed by atoms with van der Waals surface area (Å²) < 4.78 is 6.53. The van der Waals surface area contributed by atoms with Crippen LogP contribution in [0.2, 0.25) is 0 Å². The third-order valence-electron chi connectivity index (χ3n) is 4.85. The lowest BCUT2D eigenvalue weighted by Gasteiger charge is -2.17. The first-order valence-corrected chi connectivity index (χ1v) is 9.34. The predicted octanol–water partition coefficient (Wildman–Crippen LogP) is 0.738. The van der Waals surface area contributed by atoms with Gasteiger partial charge in [0.05, 0.1) is 30.5 Å². The molecule has 9 nitrogen and oxygen atoms in total. The summed E-state index contributed by atoms with van der Waals surface area (Å²) in [5.41, 5.74) is 2.17. The maximum atomic E-state index is 12.6. The molecule has 9 heteroatoms. The highest BCUT2D eigenvalue weighted by Crippen LogP contribution is 2.16. The van der Waals surface area contributed by atoms with E-state index in [0.717, 1.165) is 36.9 Å². The van der Waals surface area contributed by atoms with Crippen molar-refractivity contribution in [2.75, 3.05) is 13.7 Å². The average molecular weight is 382 g/mol. The minimum absolute atomic E-state index is 0.000510. The van der Waals surface area contributed by atoms with Crippen LogP contribution in [0.4, 0.5) is 0 Å². The Bertz CT molecular complexity index is 1040. The van der Waals surface area contributed by atoms with Gasteiger partial charge in [-0.15, -0.1) is 0 Å². The molecule has 3 heterocycles. The molecule has 1 aliphatic carbocycles. The van der Waals surface area contributed by atoms with E-state index < -0.39 is 0 Å². The van der Waals surface area contributed by atoms with E-state index in [1.54, 1.807) is 13.3 Å².